The highest BCUT2D eigenvalue weighted by molar-refractivity contribution is 5.79. The van der Waals surface area contributed by atoms with Crippen LogP contribution in [0.3, 0.4) is 0 Å². The molecule has 1 rings (SSSR count). The van der Waals surface area contributed by atoms with E-state index in [-0.39, 0.29) is 23.7 Å². The van der Waals surface area contributed by atoms with Crippen molar-refractivity contribution in [1.29, 1.82) is 0 Å². The van der Waals surface area contributed by atoms with Gasteiger partial charge in [-0.1, -0.05) is 13.8 Å². The average molecular weight is 156 g/mol. The maximum absolute atomic E-state index is 11.0. The summed E-state index contributed by atoms with van der Waals surface area (Å²) >= 11 is 0. The van der Waals surface area contributed by atoms with Crippen molar-refractivity contribution in [2.45, 2.75) is 33.3 Å². The molecular weight excluding hydrogens is 140 g/mol. The molecule has 4 atom stereocenters. The van der Waals surface area contributed by atoms with Gasteiger partial charge < -0.3 is 5.11 Å². The summed E-state index contributed by atoms with van der Waals surface area (Å²) < 4.78 is 0. The van der Waals surface area contributed by atoms with E-state index in [0.29, 0.717) is 12.3 Å². The minimum Gasteiger partial charge on any atom is -0.393 e. The second-order valence-electron chi connectivity index (χ2n) is 3.74. The zero-order chi connectivity index (χ0) is 8.59. The van der Waals surface area contributed by atoms with Crippen LogP contribution in [0.15, 0.2) is 0 Å². The number of Topliss-reactive ketones (excluding diaryl/α,β-unsaturated/α-hetero) is 1. The van der Waals surface area contributed by atoms with Gasteiger partial charge >= 0.3 is 0 Å². The van der Waals surface area contributed by atoms with Crippen molar-refractivity contribution in [1.82, 2.24) is 0 Å². The van der Waals surface area contributed by atoms with Crippen LogP contribution >= 0.6 is 0 Å². The molecule has 0 aromatic carbocycles. The second kappa shape index (κ2) is 2.94. The molecule has 1 saturated carbocycles. The molecule has 0 unspecified atom stereocenters. The minimum absolute atomic E-state index is 0.0972. The number of rotatable bonds is 1. The van der Waals surface area contributed by atoms with Crippen molar-refractivity contribution in [2.24, 2.45) is 17.8 Å². The number of ketones is 1. The molecule has 0 aliphatic heterocycles. The van der Waals surface area contributed by atoms with Gasteiger partial charge in [0.25, 0.3) is 0 Å². The molecule has 1 N–H and O–H groups in total. The van der Waals surface area contributed by atoms with Crippen LogP contribution in [0.5, 0.6) is 0 Å². The Kier molecular flexibility index (Phi) is 2.33. The summed E-state index contributed by atoms with van der Waals surface area (Å²) in [7, 11) is 0. The van der Waals surface area contributed by atoms with E-state index in [9.17, 15) is 9.90 Å². The molecule has 0 radical (unpaired) electrons. The molecule has 0 heterocycles. The standard InChI is InChI=1S/C9H16O2/c1-5-6(2)9(11)4-8(5)7(3)10/h5-6,8-9,11H,4H2,1-3H3/t5-,6+,8-,9+/m1/s1. The van der Waals surface area contributed by atoms with Gasteiger partial charge in [-0.15, -0.1) is 0 Å². The van der Waals surface area contributed by atoms with Gasteiger partial charge in [0.2, 0.25) is 0 Å². The normalized spacial score (nSPS) is 44.4. The van der Waals surface area contributed by atoms with E-state index in [2.05, 4.69) is 0 Å². The van der Waals surface area contributed by atoms with Crippen LogP contribution in [0.1, 0.15) is 27.2 Å². The Morgan fingerprint density at radius 1 is 1.36 bits per heavy atom. The predicted octanol–water partition coefficient (Wildman–Crippen LogP) is 1.23. The summed E-state index contributed by atoms with van der Waals surface area (Å²) in [6.07, 6.45) is 0.399. The molecule has 1 aliphatic rings. The van der Waals surface area contributed by atoms with Gasteiger partial charge in [-0.25, -0.2) is 0 Å². The van der Waals surface area contributed by atoms with Crippen LogP contribution in [-0.2, 0) is 4.79 Å². The molecule has 0 amide bonds. The van der Waals surface area contributed by atoms with Crippen molar-refractivity contribution < 1.29 is 9.90 Å². The van der Waals surface area contributed by atoms with Gasteiger partial charge in [0, 0.05) is 5.92 Å². The van der Waals surface area contributed by atoms with Gasteiger partial charge in [-0.3, -0.25) is 4.79 Å². The van der Waals surface area contributed by atoms with Crippen molar-refractivity contribution in [3.8, 4) is 0 Å². The van der Waals surface area contributed by atoms with Crippen molar-refractivity contribution in [2.75, 3.05) is 0 Å². The number of carbonyl (C=O) groups is 1. The molecule has 0 aromatic heterocycles. The molecular formula is C9H16O2. The van der Waals surface area contributed by atoms with Gasteiger partial charge in [0.15, 0.2) is 0 Å². The predicted molar refractivity (Wildman–Crippen MR) is 43.1 cm³/mol. The molecule has 64 valence electrons. The third-order valence-corrected chi connectivity index (χ3v) is 3.09. The van der Waals surface area contributed by atoms with Gasteiger partial charge in [0.05, 0.1) is 6.10 Å². The molecule has 2 nitrogen and oxygen atoms in total. The average Bonchev–Trinajstić information content (AvgIpc) is 2.17. The Hall–Kier alpha value is -0.370. The monoisotopic (exact) mass is 156 g/mol. The summed E-state index contributed by atoms with van der Waals surface area (Å²) in [5, 5.41) is 9.44. The minimum atomic E-state index is -0.265. The van der Waals surface area contributed by atoms with Gasteiger partial charge in [-0.2, -0.15) is 0 Å². The van der Waals surface area contributed by atoms with Crippen LogP contribution in [0.4, 0.5) is 0 Å². The van der Waals surface area contributed by atoms with Crippen molar-refractivity contribution in [3.05, 3.63) is 0 Å². The molecule has 0 spiro atoms. The molecule has 0 bridgehead atoms. The van der Waals surface area contributed by atoms with E-state index in [0.717, 1.165) is 0 Å². The first-order valence-corrected chi connectivity index (χ1v) is 4.22. The first-order valence-electron chi connectivity index (χ1n) is 4.22. The summed E-state index contributed by atoms with van der Waals surface area (Å²) in [6, 6.07) is 0. The zero-order valence-corrected chi connectivity index (χ0v) is 7.37. The summed E-state index contributed by atoms with van der Waals surface area (Å²) in [5.74, 6) is 0.951. The fourth-order valence-corrected chi connectivity index (χ4v) is 1.94. The van der Waals surface area contributed by atoms with E-state index >= 15 is 0 Å². The third-order valence-electron chi connectivity index (χ3n) is 3.09. The van der Waals surface area contributed by atoms with Gasteiger partial charge in [0.1, 0.15) is 5.78 Å². The van der Waals surface area contributed by atoms with Crippen molar-refractivity contribution in [3.63, 3.8) is 0 Å². The molecule has 2 heteroatoms. The Morgan fingerprint density at radius 2 is 1.91 bits per heavy atom. The number of hydrogen-bond donors (Lipinski definition) is 1. The highest BCUT2D eigenvalue weighted by Crippen LogP contribution is 2.36. The highest BCUT2D eigenvalue weighted by atomic mass is 16.3. The Labute approximate surface area is 67.6 Å². The lowest BCUT2D eigenvalue weighted by atomic mass is 9.90. The zero-order valence-electron chi connectivity index (χ0n) is 7.37. The highest BCUT2D eigenvalue weighted by Gasteiger charge is 2.38. The molecule has 0 saturated heterocycles. The van der Waals surface area contributed by atoms with Crippen LogP contribution in [0.25, 0.3) is 0 Å². The number of carbonyl (C=O) groups excluding carboxylic acids is 1. The maximum Gasteiger partial charge on any atom is 0.133 e. The topological polar surface area (TPSA) is 37.3 Å². The Morgan fingerprint density at radius 3 is 2.09 bits per heavy atom. The van der Waals surface area contributed by atoms with E-state index in [4.69, 9.17) is 0 Å². The SMILES string of the molecule is CC(=O)[C@@H]1C[C@H](O)[C@@H](C)[C@H]1C. The Balaban J connectivity index is 2.67. The number of aliphatic hydroxyl groups is 1. The third kappa shape index (κ3) is 1.45. The van der Waals surface area contributed by atoms with Crippen molar-refractivity contribution >= 4 is 5.78 Å². The van der Waals surface area contributed by atoms with Gasteiger partial charge in [-0.05, 0) is 25.2 Å². The van der Waals surface area contributed by atoms with Crippen LogP contribution in [-0.4, -0.2) is 17.0 Å². The number of hydrogen-bond acceptors (Lipinski definition) is 2. The van der Waals surface area contributed by atoms with E-state index in [1.165, 1.54) is 0 Å². The molecule has 0 aromatic rings. The maximum atomic E-state index is 11.0. The molecule has 1 aliphatic carbocycles. The first kappa shape index (κ1) is 8.72. The van der Waals surface area contributed by atoms with E-state index in [1.54, 1.807) is 6.92 Å². The fourth-order valence-electron chi connectivity index (χ4n) is 1.94. The quantitative estimate of drug-likeness (QED) is 0.620. The lowest BCUT2D eigenvalue weighted by molar-refractivity contribution is -0.121. The lowest BCUT2D eigenvalue weighted by Gasteiger charge is -2.14. The molecule has 1 fully saturated rings. The summed E-state index contributed by atoms with van der Waals surface area (Å²) in [6.45, 7) is 5.68. The molecule has 11 heavy (non-hydrogen) atoms. The largest absolute Gasteiger partial charge is 0.393 e. The smallest absolute Gasteiger partial charge is 0.133 e. The lowest BCUT2D eigenvalue weighted by Crippen LogP contribution is -2.16. The summed E-state index contributed by atoms with van der Waals surface area (Å²) in [5.41, 5.74) is 0. The van der Waals surface area contributed by atoms with Crippen LogP contribution in [0.2, 0.25) is 0 Å². The first-order chi connectivity index (χ1) is 5.04. The summed E-state index contributed by atoms with van der Waals surface area (Å²) in [4.78, 5) is 11.0. The van der Waals surface area contributed by atoms with E-state index in [1.807, 2.05) is 13.8 Å². The van der Waals surface area contributed by atoms with Crippen LogP contribution in [0, 0.1) is 17.8 Å². The second-order valence-corrected chi connectivity index (χ2v) is 3.74. The number of aliphatic hydroxyl groups excluding tert-OH is 1. The van der Waals surface area contributed by atoms with E-state index < -0.39 is 0 Å². The Bertz CT molecular complexity index is 165. The van der Waals surface area contributed by atoms with Crippen LogP contribution < -0.4 is 0 Å². The fraction of sp³-hybridized carbons (Fsp3) is 0.889.